The van der Waals surface area contributed by atoms with E-state index in [4.69, 9.17) is 9.15 Å². The summed E-state index contributed by atoms with van der Waals surface area (Å²) in [5.41, 5.74) is 14.8. The maximum atomic E-state index is 6.98. The van der Waals surface area contributed by atoms with Gasteiger partial charge in [-0.1, -0.05) is 152 Å². The molecule has 0 unspecified atom stereocenters. The minimum atomic E-state index is -0.532. The van der Waals surface area contributed by atoms with Gasteiger partial charge in [-0.15, -0.1) is 0 Å². The number of fused-ring (bicyclic) bond motifs is 14. The van der Waals surface area contributed by atoms with E-state index in [1.807, 2.05) is 0 Å². The largest absolute Gasteiger partial charge is 0.457 e. The van der Waals surface area contributed by atoms with E-state index in [1.165, 1.54) is 22.3 Å². The third-order valence-electron chi connectivity index (χ3n) is 13.1. The summed E-state index contributed by atoms with van der Waals surface area (Å²) in [7, 11) is 0. The smallest absolute Gasteiger partial charge is 0.143 e. The quantitative estimate of drug-likeness (QED) is 0.167. The van der Waals surface area contributed by atoms with Crippen LogP contribution in [0.1, 0.15) is 22.3 Å². The molecule has 63 heavy (non-hydrogen) atoms. The minimum Gasteiger partial charge on any atom is -0.457 e. The first kappa shape index (κ1) is 35.4. The highest BCUT2D eigenvalue weighted by Gasteiger charge is 2.51. The van der Waals surface area contributed by atoms with Crippen LogP contribution in [0.4, 0.5) is 34.1 Å². The van der Waals surface area contributed by atoms with Gasteiger partial charge in [0.25, 0.3) is 0 Å². The Morgan fingerprint density at radius 3 is 1.49 bits per heavy atom. The van der Waals surface area contributed by atoms with E-state index < -0.39 is 5.41 Å². The third-order valence-corrected chi connectivity index (χ3v) is 13.1. The van der Waals surface area contributed by atoms with Crippen LogP contribution in [0, 0.1) is 0 Å². The van der Waals surface area contributed by atoms with Crippen molar-refractivity contribution >= 4 is 66.8 Å². The number of benzene rings is 10. The maximum Gasteiger partial charge on any atom is 0.143 e. The lowest BCUT2D eigenvalue weighted by Crippen LogP contribution is -2.32. The van der Waals surface area contributed by atoms with Crippen LogP contribution >= 0.6 is 0 Å². The Bertz CT molecular complexity index is 3480. The molecule has 11 aromatic rings. The third kappa shape index (κ3) is 5.22. The Hall–Kier alpha value is -8.34. The molecular weight excluding hydrogens is 769 g/mol. The molecule has 4 nitrogen and oxygen atoms in total. The predicted molar refractivity (Wildman–Crippen MR) is 258 cm³/mol. The second-order valence-electron chi connectivity index (χ2n) is 16.4. The topological polar surface area (TPSA) is 28.9 Å². The van der Waals surface area contributed by atoms with Crippen LogP contribution in [0.3, 0.4) is 0 Å². The average molecular weight is 807 g/mol. The van der Waals surface area contributed by atoms with Gasteiger partial charge in [0.05, 0.1) is 11.1 Å². The molecule has 0 radical (unpaired) electrons. The van der Waals surface area contributed by atoms with Crippen molar-refractivity contribution in [3.8, 4) is 22.6 Å². The normalized spacial score (nSPS) is 13.0. The Balaban J connectivity index is 1.02. The number of hydrogen-bond acceptors (Lipinski definition) is 4. The summed E-state index contributed by atoms with van der Waals surface area (Å²) < 4.78 is 13.8. The second kappa shape index (κ2) is 13.8. The number of para-hydroxylation sites is 4. The van der Waals surface area contributed by atoms with E-state index in [-0.39, 0.29) is 0 Å². The molecule has 10 aromatic carbocycles. The Morgan fingerprint density at radius 1 is 0.317 bits per heavy atom. The van der Waals surface area contributed by atoms with Crippen molar-refractivity contribution in [2.45, 2.75) is 5.41 Å². The summed E-state index contributed by atoms with van der Waals surface area (Å²) >= 11 is 0. The van der Waals surface area contributed by atoms with Crippen LogP contribution in [0.5, 0.6) is 11.5 Å². The SMILES string of the molecule is c1ccc(N(c2ccc3c(c2)Oc2ccccc2C32c3ccccc3-c3ccccc32)c2ccc3oc4c5ccccc5c(N(c5ccccc5)c5ccccc5)cc4c3c2)cc1. The first-order valence-electron chi connectivity index (χ1n) is 21.5. The van der Waals surface area contributed by atoms with Crippen LogP contribution < -0.4 is 14.5 Å². The van der Waals surface area contributed by atoms with Gasteiger partial charge in [0, 0.05) is 67.2 Å². The highest BCUT2D eigenvalue weighted by molar-refractivity contribution is 6.20. The molecule has 1 spiro atoms. The second-order valence-corrected chi connectivity index (χ2v) is 16.4. The predicted octanol–water partition coefficient (Wildman–Crippen LogP) is 16.1. The molecule has 0 fully saturated rings. The Kier molecular flexibility index (Phi) is 7.79. The van der Waals surface area contributed by atoms with E-state index >= 15 is 0 Å². The molecule has 296 valence electrons. The highest BCUT2D eigenvalue weighted by atomic mass is 16.5. The van der Waals surface area contributed by atoms with E-state index in [9.17, 15) is 0 Å². The van der Waals surface area contributed by atoms with Crippen molar-refractivity contribution in [1.29, 1.82) is 0 Å². The van der Waals surface area contributed by atoms with E-state index in [0.29, 0.717) is 0 Å². The first-order valence-corrected chi connectivity index (χ1v) is 21.5. The minimum absolute atomic E-state index is 0.532. The van der Waals surface area contributed by atoms with Crippen molar-refractivity contribution in [3.63, 3.8) is 0 Å². The number of ether oxygens (including phenoxy) is 1. The van der Waals surface area contributed by atoms with Gasteiger partial charge in [-0.2, -0.15) is 0 Å². The molecule has 13 rings (SSSR count). The number of hydrogen-bond donors (Lipinski definition) is 0. The zero-order chi connectivity index (χ0) is 41.5. The molecule has 0 N–H and O–H groups in total. The molecule has 1 aromatic heterocycles. The van der Waals surface area contributed by atoms with Crippen LogP contribution in [0.15, 0.2) is 235 Å². The Labute approximate surface area is 365 Å². The molecule has 4 heteroatoms. The molecule has 0 bridgehead atoms. The summed E-state index contributed by atoms with van der Waals surface area (Å²) in [6.45, 7) is 0. The van der Waals surface area contributed by atoms with Crippen LogP contribution in [0.2, 0.25) is 0 Å². The number of anilines is 6. The lowest BCUT2D eigenvalue weighted by atomic mass is 9.66. The average Bonchev–Trinajstić information content (AvgIpc) is 3.86. The Morgan fingerprint density at radius 2 is 0.825 bits per heavy atom. The molecule has 2 heterocycles. The van der Waals surface area contributed by atoms with Crippen molar-refractivity contribution < 1.29 is 9.15 Å². The fraction of sp³-hybridized carbons (Fsp3) is 0.0169. The van der Waals surface area contributed by atoms with Gasteiger partial charge in [-0.05, 0) is 95.1 Å². The molecule has 1 aliphatic carbocycles. The van der Waals surface area contributed by atoms with Crippen molar-refractivity contribution in [1.82, 2.24) is 0 Å². The lowest BCUT2D eigenvalue weighted by Gasteiger charge is -2.40. The van der Waals surface area contributed by atoms with E-state index in [0.717, 1.165) is 89.5 Å². The lowest BCUT2D eigenvalue weighted by molar-refractivity contribution is 0.436. The van der Waals surface area contributed by atoms with Gasteiger partial charge >= 0.3 is 0 Å². The van der Waals surface area contributed by atoms with Gasteiger partial charge in [-0.25, -0.2) is 0 Å². The number of furan rings is 1. The molecule has 0 atom stereocenters. The summed E-state index contributed by atoms with van der Waals surface area (Å²) in [6, 6.07) is 82.3. The molecule has 0 saturated heterocycles. The van der Waals surface area contributed by atoms with Crippen molar-refractivity contribution in [2.75, 3.05) is 9.80 Å². The van der Waals surface area contributed by atoms with Crippen molar-refractivity contribution in [2.24, 2.45) is 0 Å². The monoisotopic (exact) mass is 806 g/mol. The van der Waals surface area contributed by atoms with Gasteiger partial charge in [0.2, 0.25) is 0 Å². The van der Waals surface area contributed by atoms with Crippen LogP contribution in [-0.2, 0) is 5.41 Å². The highest BCUT2D eigenvalue weighted by Crippen LogP contribution is 2.62. The van der Waals surface area contributed by atoms with Crippen LogP contribution in [0.25, 0.3) is 43.8 Å². The zero-order valence-corrected chi connectivity index (χ0v) is 34.2. The first-order chi connectivity index (χ1) is 31.3. The molecule has 1 aliphatic heterocycles. The van der Waals surface area contributed by atoms with Crippen molar-refractivity contribution in [3.05, 3.63) is 253 Å². The molecule has 0 saturated carbocycles. The fourth-order valence-corrected chi connectivity index (χ4v) is 10.5. The summed E-state index contributed by atoms with van der Waals surface area (Å²) in [5, 5.41) is 4.27. The molecule has 0 amide bonds. The van der Waals surface area contributed by atoms with Gasteiger partial charge in [0.15, 0.2) is 0 Å². The summed E-state index contributed by atoms with van der Waals surface area (Å²) in [4.78, 5) is 4.67. The number of rotatable bonds is 6. The standard InChI is InChI=1S/C59H38N2O2/c1-4-18-39(19-5-1)60(43-32-34-53-57(37-43)62-56-31-17-16-30-52(56)59(53)50-28-14-12-24-44(50)45-25-13-15-29-51(45)59)42-33-35-55-48(36-42)49-38-54(46-26-10-11-27-47(46)58(49)63-55)61(40-20-6-2-7-21-40)41-22-8-3-9-23-41/h1-38H. The van der Waals surface area contributed by atoms with E-state index in [1.54, 1.807) is 0 Å². The van der Waals surface area contributed by atoms with Gasteiger partial charge in [0.1, 0.15) is 22.7 Å². The molecular formula is C59H38N2O2. The van der Waals surface area contributed by atoms with E-state index in [2.05, 4.69) is 240 Å². The summed E-state index contributed by atoms with van der Waals surface area (Å²) in [5.74, 6) is 1.71. The van der Waals surface area contributed by atoms with Gasteiger partial charge < -0.3 is 19.0 Å². The molecule has 2 aliphatic rings. The zero-order valence-electron chi connectivity index (χ0n) is 34.2. The number of nitrogens with zero attached hydrogens (tertiary/aromatic N) is 2. The summed E-state index contributed by atoms with van der Waals surface area (Å²) in [6.07, 6.45) is 0. The van der Waals surface area contributed by atoms with Crippen LogP contribution in [-0.4, -0.2) is 0 Å². The fourth-order valence-electron chi connectivity index (χ4n) is 10.5. The maximum absolute atomic E-state index is 6.98. The van der Waals surface area contributed by atoms with Gasteiger partial charge in [-0.3, -0.25) is 0 Å².